The van der Waals surface area contributed by atoms with Gasteiger partial charge in [-0.05, 0) is 43.3 Å². The molecule has 0 saturated heterocycles. The van der Waals surface area contributed by atoms with E-state index in [-0.39, 0.29) is 11.6 Å². The van der Waals surface area contributed by atoms with Crippen molar-refractivity contribution >= 4 is 23.4 Å². The number of nitrogens with one attached hydrogen (secondary N) is 1. The van der Waals surface area contributed by atoms with Crippen molar-refractivity contribution < 1.29 is 27.4 Å². The van der Waals surface area contributed by atoms with Crippen LogP contribution in [0.15, 0.2) is 47.4 Å². The van der Waals surface area contributed by atoms with Crippen LogP contribution < -0.4 is 14.8 Å². The van der Waals surface area contributed by atoms with Gasteiger partial charge >= 0.3 is 6.18 Å². The van der Waals surface area contributed by atoms with Crippen molar-refractivity contribution in [2.45, 2.75) is 23.2 Å². The molecule has 8 heteroatoms. The first-order chi connectivity index (χ1) is 12.3. The molecule has 0 spiro atoms. The summed E-state index contributed by atoms with van der Waals surface area (Å²) in [6.07, 6.45) is -4.45. The van der Waals surface area contributed by atoms with Crippen molar-refractivity contribution in [3.05, 3.63) is 48.0 Å². The van der Waals surface area contributed by atoms with Gasteiger partial charge in [0.05, 0.1) is 10.8 Å². The van der Waals surface area contributed by atoms with E-state index in [1.165, 1.54) is 23.9 Å². The van der Waals surface area contributed by atoms with E-state index in [0.717, 1.165) is 17.0 Å². The highest BCUT2D eigenvalue weighted by Crippen LogP contribution is 2.36. The summed E-state index contributed by atoms with van der Waals surface area (Å²) in [6, 6.07) is 9.93. The van der Waals surface area contributed by atoms with Crippen LogP contribution in [0.4, 0.5) is 18.9 Å². The highest BCUT2D eigenvalue weighted by atomic mass is 32.2. The molecule has 1 aliphatic rings. The van der Waals surface area contributed by atoms with Gasteiger partial charge in [0.2, 0.25) is 5.91 Å². The number of alkyl halides is 3. The maximum Gasteiger partial charge on any atom is 0.416 e. The molecule has 1 heterocycles. The lowest BCUT2D eigenvalue weighted by molar-refractivity contribution is -0.137. The lowest BCUT2D eigenvalue weighted by Gasteiger charge is -2.19. The minimum absolute atomic E-state index is 0.111. The quantitative estimate of drug-likeness (QED) is 0.784. The molecule has 3 rings (SSSR count). The zero-order valence-corrected chi connectivity index (χ0v) is 14.6. The molecular weight excluding hydrogens is 367 g/mol. The van der Waals surface area contributed by atoms with Crippen LogP contribution in [-0.4, -0.2) is 24.4 Å². The molecule has 0 aromatic heterocycles. The Kier molecular flexibility index (Phi) is 5.31. The fraction of sp³-hybridized carbons (Fsp3) is 0.278. The summed E-state index contributed by atoms with van der Waals surface area (Å²) in [5.74, 6) is 0.887. The molecule has 1 amide bonds. The Morgan fingerprint density at radius 2 is 1.85 bits per heavy atom. The largest absolute Gasteiger partial charge is 0.486 e. The molecule has 1 atom stereocenters. The maximum absolute atomic E-state index is 12.8. The van der Waals surface area contributed by atoms with Crippen molar-refractivity contribution in [1.29, 1.82) is 0 Å². The van der Waals surface area contributed by atoms with Crippen LogP contribution in [0.1, 0.15) is 12.5 Å². The third-order valence-electron chi connectivity index (χ3n) is 3.65. The van der Waals surface area contributed by atoms with Crippen LogP contribution in [0.3, 0.4) is 0 Å². The minimum atomic E-state index is -4.45. The molecule has 1 unspecified atom stereocenters. The van der Waals surface area contributed by atoms with Gasteiger partial charge in [-0.2, -0.15) is 13.2 Å². The Morgan fingerprint density at radius 3 is 2.58 bits per heavy atom. The van der Waals surface area contributed by atoms with Gasteiger partial charge in [0.15, 0.2) is 11.5 Å². The third-order valence-corrected chi connectivity index (χ3v) is 4.75. The van der Waals surface area contributed by atoms with Gasteiger partial charge in [0, 0.05) is 10.6 Å². The fourth-order valence-electron chi connectivity index (χ4n) is 2.37. The lowest BCUT2D eigenvalue weighted by Crippen LogP contribution is -2.22. The normalized spacial score (nSPS) is 14.6. The summed E-state index contributed by atoms with van der Waals surface area (Å²) >= 11 is 1.28. The number of fused-ring (bicyclic) bond motifs is 1. The van der Waals surface area contributed by atoms with Gasteiger partial charge < -0.3 is 14.8 Å². The molecule has 0 bridgehead atoms. The molecule has 1 aliphatic heterocycles. The predicted molar refractivity (Wildman–Crippen MR) is 92.8 cm³/mol. The number of hydrogen-bond donors (Lipinski definition) is 1. The van der Waals surface area contributed by atoms with Crippen LogP contribution in [0, 0.1) is 0 Å². The van der Waals surface area contributed by atoms with Gasteiger partial charge in [-0.1, -0.05) is 6.07 Å². The van der Waals surface area contributed by atoms with Crippen molar-refractivity contribution in [3.63, 3.8) is 0 Å². The zero-order chi connectivity index (χ0) is 18.7. The monoisotopic (exact) mass is 383 g/mol. The Bertz CT molecular complexity index is 811. The Labute approximate surface area is 152 Å². The van der Waals surface area contributed by atoms with Crippen LogP contribution in [0.25, 0.3) is 0 Å². The number of carbonyl (C=O) groups is 1. The van der Waals surface area contributed by atoms with E-state index in [4.69, 9.17) is 9.47 Å². The first kappa shape index (κ1) is 18.4. The second-order valence-electron chi connectivity index (χ2n) is 5.63. The number of ether oxygens (including phenoxy) is 2. The zero-order valence-electron chi connectivity index (χ0n) is 13.8. The van der Waals surface area contributed by atoms with Crippen LogP contribution in [0.5, 0.6) is 11.5 Å². The summed E-state index contributed by atoms with van der Waals surface area (Å²) in [7, 11) is 0. The summed E-state index contributed by atoms with van der Waals surface area (Å²) in [6.45, 7) is 2.65. The minimum Gasteiger partial charge on any atom is -0.486 e. The van der Waals surface area contributed by atoms with Crippen molar-refractivity contribution in [3.8, 4) is 11.5 Å². The SMILES string of the molecule is CC(Sc1ccc2c(c1)OCCO2)C(=O)Nc1cccc(C(F)(F)F)c1. The van der Waals surface area contributed by atoms with E-state index in [2.05, 4.69) is 5.32 Å². The predicted octanol–water partition coefficient (Wildman–Crippen LogP) is 4.60. The molecule has 0 radical (unpaired) electrons. The summed E-state index contributed by atoms with van der Waals surface area (Å²) in [5, 5.41) is 2.01. The van der Waals surface area contributed by atoms with Gasteiger partial charge in [-0.15, -0.1) is 11.8 Å². The molecule has 0 fully saturated rings. The fourth-order valence-corrected chi connectivity index (χ4v) is 3.27. The molecule has 0 saturated carbocycles. The number of halogens is 3. The number of carbonyl (C=O) groups excluding carboxylic acids is 1. The second-order valence-corrected chi connectivity index (χ2v) is 7.05. The Hall–Kier alpha value is -2.35. The molecule has 138 valence electrons. The van der Waals surface area contributed by atoms with Gasteiger partial charge in [0.25, 0.3) is 0 Å². The van der Waals surface area contributed by atoms with Crippen LogP contribution in [0.2, 0.25) is 0 Å². The summed E-state index contributed by atoms with van der Waals surface area (Å²) in [4.78, 5) is 13.1. The third kappa shape index (κ3) is 4.43. The van der Waals surface area contributed by atoms with Gasteiger partial charge in [-0.25, -0.2) is 0 Å². The number of benzene rings is 2. The van der Waals surface area contributed by atoms with Gasteiger partial charge in [-0.3, -0.25) is 4.79 Å². The highest BCUT2D eigenvalue weighted by Gasteiger charge is 2.30. The van der Waals surface area contributed by atoms with Crippen LogP contribution in [-0.2, 0) is 11.0 Å². The molecule has 2 aromatic carbocycles. The first-order valence-electron chi connectivity index (χ1n) is 7.87. The maximum atomic E-state index is 12.8. The second kappa shape index (κ2) is 7.49. The Morgan fingerprint density at radius 1 is 1.12 bits per heavy atom. The lowest BCUT2D eigenvalue weighted by atomic mass is 10.2. The van der Waals surface area contributed by atoms with E-state index < -0.39 is 17.0 Å². The van der Waals surface area contributed by atoms with Gasteiger partial charge in [0.1, 0.15) is 13.2 Å². The molecule has 1 N–H and O–H groups in total. The van der Waals surface area contributed by atoms with E-state index in [0.29, 0.717) is 24.7 Å². The molecule has 4 nitrogen and oxygen atoms in total. The number of amides is 1. The average Bonchev–Trinajstić information content (AvgIpc) is 2.61. The average molecular weight is 383 g/mol. The molecule has 2 aromatic rings. The van der Waals surface area contributed by atoms with E-state index in [1.807, 2.05) is 6.07 Å². The molecule has 26 heavy (non-hydrogen) atoms. The molecular formula is C18H16F3NO3S. The topological polar surface area (TPSA) is 47.6 Å². The van der Waals surface area contributed by atoms with Crippen molar-refractivity contribution in [2.75, 3.05) is 18.5 Å². The standard InChI is InChI=1S/C18H16F3NO3S/c1-11(26-14-5-6-15-16(10-14)25-8-7-24-15)17(23)22-13-4-2-3-12(9-13)18(19,20)21/h2-6,9-11H,7-8H2,1H3,(H,22,23). The summed E-state index contributed by atoms with van der Waals surface area (Å²) in [5.41, 5.74) is -0.693. The first-order valence-corrected chi connectivity index (χ1v) is 8.75. The van der Waals surface area contributed by atoms with E-state index in [1.54, 1.807) is 19.1 Å². The highest BCUT2D eigenvalue weighted by molar-refractivity contribution is 8.00. The van der Waals surface area contributed by atoms with Crippen LogP contribution >= 0.6 is 11.8 Å². The van der Waals surface area contributed by atoms with E-state index >= 15 is 0 Å². The summed E-state index contributed by atoms with van der Waals surface area (Å²) < 4.78 is 49.2. The number of thioether (sulfide) groups is 1. The molecule has 0 aliphatic carbocycles. The Balaban J connectivity index is 1.65. The van der Waals surface area contributed by atoms with Crippen molar-refractivity contribution in [2.24, 2.45) is 0 Å². The number of anilines is 1. The van der Waals surface area contributed by atoms with E-state index in [9.17, 15) is 18.0 Å². The smallest absolute Gasteiger partial charge is 0.416 e. The van der Waals surface area contributed by atoms with Crippen molar-refractivity contribution in [1.82, 2.24) is 0 Å². The number of hydrogen-bond acceptors (Lipinski definition) is 4. The number of rotatable bonds is 4.